The lowest BCUT2D eigenvalue weighted by atomic mass is 10.1. The van der Waals surface area contributed by atoms with Crippen LogP contribution >= 0.6 is 12.6 Å². The van der Waals surface area contributed by atoms with Crippen molar-refractivity contribution < 1.29 is 0 Å². The maximum absolute atomic E-state index is 4.21. The molecule has 1 rings (SSSR count). The molecule has 1 aromatic carbocycles. The van der Waals surface area contributed by atoms with Gasteiger partial charge in [-0.1, -0.05) is 36.4 Å². The van der Waals surface area contributed by atoms with Crippen molar-refractivity contribution in [2.75, 3.05) is 0 Å². The van der Waals surface area contributed by atoms with E-state index in [0.717, 1.165) is 5.75 Å². The third-order valence-electron chi connectivity index (χ3n) is 1.58. The number of thiol groups is 1. The van der Waals surface area contributed by atoms with Crippen LogP contribution in [0.25, 0.3) is 6.08 Å². The van der Waals surface area contributed by atoms with E-state index in [-0.39, 0.29) is 0 Å². The van der Waals surface area contributed by atoms with Gasteiger partial charge in [0.15, 0.2) is 0 Å². The van der Waals surface area contributed by atoms with E-state index in [0.29, 0.717) is 0 Å². The van der Waals surface area contributed by atoms with E-state index in [1.165, 1.54) is 16.7 Å². The summed E-state index contributed by atoms with van der Waals surface area (Å²) in [5.74, 6) is 0.794. The van der Waals surface area contributed by atoms with Gasteiger partial charge in [-0.3, -0.25) is 0 Å². The van der Waals surface area contributed by atoms with E-state index >= 15 is 0 Å². The van der Waals surface area contributed by atoms with Crippen molar-refractivity contribution >= 4 is 18.7 Å². The largest absolute Gasteiger partial charge is 0.175 e. The van der Waals surface area contributed by atoms with E-state index in [1.54, 1.807) is 0 Å². The number of aryl methyl sites for hydroxylation is 1. The van der Waals surface area contributed by atoms with Gasteiger partial charge in [0.1, 0.15) is 0 Å². The summed E-state index contributed by atoms with van der Waals surface area (Å²) in [6.45, 7) is 5.81. The molecular formula is C10H12S. The third-order valence-corrected chi connectivity index (χ3v) is 1.94. The highest BCUT2D eigenvalue weighted by Gasteiger charge is 1.92. The number of benzene rings is 1. The molecule has 11 heavy (non-hydrogen) atoms. The van der Waals surface area contributed by atoms with Crippen molar-refractivity contribution in [1.29, 1.82) is 0 Å². The van der Waals surface area contributed by atoms with Gasteiger partial charge >= 0.3 is 0 Å². The van der Waals surface area contributed by atoms with Crippen molar-refractivity contribution in [1.82, 2.24) is 0 Å². The summed E-state index contributed by atoms with van der Waals surface area (Å²) in [5, 5.41) is 0. The molecule has 0 aliphatic heterocycles. The smallest absolute Gasteiger partial charge is 0.0154 e. The maximum atomic E-state index is 4.21. The molecule has 0 fully saturated rings. The monoisotopic (exact) mass is 164 g/mol. The Morgan fingerprint density at radius 3 is 2.73 bits per heavy atom. The van der Waals surface area contributed by atoms with Crippen LogP contribution in [0.15, 0.2) is 24.8 Å². The fraction of sp³-hybridized carbons (Fsp3) is 0.200. The molecule has 58 valence electrons. The fourth-order valence-corrected chi connectivity index (χ4v) is 1.29. The molecule has 0 amide bonds. The topological polar surface area (TPSA) is 0 Å². The Morgan fingerprint density at radius 2 is 2.18 bits per heavy atom. The Hall–Kier alpha value is -0.690. The highest BCUT2D eigenvalue weighted by atomic mass is 32.1. The Morgan fingerprint density at radius 1 is 1.45 bits per heavy atom. The zero-order chi connectivity index (χ0) is 8.27. The van der Waals surface area contributed by atoms with Gasteiger partial charge in [-0.15, -0.1) is 0 Å². The van der Waals surface area contributed by atoms with Gasteiger partial charge in [0.05, 0.1) is 0 Å². The van der Waals surface area contributed by atoms with Crippen LogP contribution in [0.3, 0.4) is 0 Å². The van der Waals surface area contributed by atoms with Gasteiger partial charge in [-0.25, -0.2) is 0 Å². The summed E-state index contributed by atoms with van der Waals surface area (Å²) in [5.41, 5.74) is 3.70. The Bertz CT molecular complexity index is 264. The summed E-state index contributed by atoms with van der Waals surface area (Å²) >= 11 is 4.21. The van der Waals surface area contributed by atoms with Crippen molar-refractivity contribution in [2.24, 2.45) is 0 Å². The molecule has 1 heteroatoms. The summed E-state index contributed by atoms with van der Waals surface area (Å²) < 4.78 is 0. The molecule has 0 aromatic heterocycles. The second-order valence-electron chi connectivity index (χ2n) is 2.61. The molecule has 0 atom stereocenters. The summed E-state index contributed by atoms with van der Waals surface area (Å²) in [6, 6.07) is 6.35. The lowest BCUT2D eigenvalue weighted by Crippen LogP contribution is -1.82. The Kier molecular flexibility index (Phi) is 2.77. The molecule has 0 saturated heterocycles. The van der Waals surface area contributed by atoms with E-state index < -0.39 is 0 Å². The van der Waals surface area contributed by atoms with Gasteiger partial charge in [0, 0.05) is 5.75 Å². The van der Waals surface area contributed by atoms with Crippen LogP contribution < -0.4 is 0 Å². The van der Waals surface area contributed by atoms with Crippen molar-refractivity contribution in [3.05, 3.63) is 41.5 Å². The zero-order valence-electron chi connectivity index (χ0n) is 6.67. The molecule has 0 saturated carbocycles. The molecule has 1 aromatic rings. The first-order valence-corrected chi connectivity index (χ1v) is 4.23. The van der Waals surface area contributed by atoms with Crippen LogP contribution in [-0.2, 0) is 5.75 Å². The highest BCUT2D eigenvalue weighted by Crippen LogP contribution is 2.12. The average Bonchev–Trinajstić information content (AvgIpc) is 2.03. The van der Waals surface area contributed by atoms with E-state index in [4.69, 9.17) is 0 Å². The van der Waals surface area contributed by atoms with Crippen LogP contribution in [0.1, 0.15) is 16.7 Å². The lowest BCUT2D eigenvalue weighted by molar-refractivity contribution is 1.35. The van der Waals surface area contributed by atoms with Crippen LogP contribution in [0.4, 0.5) is 0 Å². The fourth-order valence-electron chi connectivity index (χ4n) is 1.10. The zero-order valence-corrected chi connectivity index (χ0v) is 7.57. The molecule has 0 N–H and O–H groups in total. The average molecular weight is 164 g/mol. The van der Waals surface area contributed by atoms with Gasteiger partial charge in [0.25, 0.3) is 0 Å². The van der Waals surface area contributed by atoms with Crippen molar-refractivity contribution in [3.63, 3.8) is 0 Å². The normalized spacial score (nSPS) is 9.64. The van der Waals surface area contributed by atoms with Gasteiger partial charge in [-0.2, -0.15) is 12.6 Å². The first-order valence-electron chi connectivity index (χ1n) is 3.60. The SMILES string of the molecule is C=Cc1cc(C)cc(CS)c1. The minimum Gasteiger partial charge on any atom is -0.175 e. The minimum atomic E-state index is 0.794. The van der Waals surface area contributed by atoms with E-state index in [9.17, 15) is 0 Å². The molecule has 0 unspecified atom stereocenters. The Labute approximate surface area is 73.4 Å². The van der Waals surface area contributed by atoms with Crippen molar-refractivity contribution in [2.45, 2.75) is 12.7 Å². The first-order chi connectivity index (χ1) is 5.26. The van der Waals surface area contributed by atoms with Crippen LogP contribution in [0.2, 0.25) is 0 Å². The molecular weight excluding hydrogens is 152 g/mol. The number of hydrogen-bond acceptors (Lipinski definition) is 1. The number of hydrogen-bond donors (Lipinski definition) is 1. The van der Waals surface area contributed by atoms with E-state index in [1.807, 2.05) is 6.08 Å². The third kappa shape index (κ3) is 2.12. The van der Waals surface area contributed by atoms with Crippen LogP contribution in [-0.4, -0.2) is 0 Å². The molecule has 0 aliphatic carbocycles. The molecule has 0 bridgehead atoms. The molecule has 0 heterocycles. The quantitative estimate of drug-likeness (QED) is 0.638. The van der Waals surface area contributed by atoms with Crippen molar-refractivity contribution in [3.8, 4) is 0 Å². The highest BCUT2D eigenvalue weighted by molar-refractivity contribution is 7.79. The molecule has 0 aliphatic rings. The second-order valence-corrected chi connectivity index (χ2v) is 2.93. The molecule has 0 nitrogen and oxygen atoms in total. The summed E-state index contributed by atoms with van der Waals surface area (Å²) in [4.78, 5) is 0. The predicted molar refractivity (Wildman–Crippen MR) is 54.0 cm³/mol. The predicted octanol–water partition coefficient (Wildman–Crippen LogP) is 3.07. The summed E-state index contributed by atoms with van der Waals surface area (Å²) in [6.07, 6.45) is 1.86. The van der Waals surface area contributed by atoms with Gasteiger partial charge < -0.3 is 0 Å². The second kappa shape index (κ2) is 3.63. The lowest BCUT2D eigenvalue weighted by Gasteiger charge is -2.00. The minimum absolute atomic E-state index is 0.794. The summed E-state index contributed by atoms with van der Waals surface area (Å²) in [7, 11) is 0. The number of rotatable bonds is 2. The van der Waals surface area contributed by atoms with Gasteiger partial charge in [0.2, 0.25) is 0 Å². The first kappa shape index (κ1) is 8.41. The van der Waals surface area contributed by atoms with Crippen LogP contribution in [0, 0.1) is 6.92 Å². The maximum Gasteiger partial charge on any atom is 0.0154 e. The molecule has 0 radical (unpaired) electrons. The molecule has 0 spiro atoms. The Balaban J connectivity index is 3.11. The van der Waals surface area contributed by atoms with E-state index in [2.05, 4.69) is 44.3 Å². The van der Waals surface area contributed by atoms with Gasteiger partial charge in [-0.05, 0) is 18.1 Å². The standard InChI is InChI=1S/C10H12S/c1-3-9-4-8(2)5-10(6-9)7-11/h3-6,11H,1,7H2,2H3. The van der Waals surface area contributed by atoms with Crippen LogP contribution in [0.5, 0.6) is 0 Å².